The standard InChI is InChI=1S/C22H34ClN5O6/c1-31-18-12-28(9-10-33-13-19(29)34-14-3-6-25-7-4-14)8-5-17(18)26-21(30)15-11-16(23)20(24)27-22(15)32-2/h11,14,17-18,25H,3-10,12-13H2,1-2H3,(H2,24,27)(H,26,30)/t17-,18+/m0/s1. The van der Waals surface area contributed by atoms with Crippen LogP contribution in [0.25, 0.3) is 0 Å². The van der Waals surface area contributed by atoms with Crippen LogP contribution in [-0.2, 0) is 19.0 Å². The highest BCUT2D eigenvalue weighted by Gasteiger charge is 2.31. The second-order valence-electron chi connectivity index (χ2n) is 8.35. The largest absolute Gasteiger partial charge is 0.480 e. The second-order valence-corrected chi connectivity index (χ2v) is 8.75. The molecule has 4 N–H and O–H groups in total. The fraction of sp³-hybridized carbons (Fsp3) is 0.682. The molecule has 2 saturated heterocycles. The van der Waals surface area contributed by atoms with Gasteiger partial charge >= 0.3 is 5.97 Å². The van der Waals surface area contributed by atoms with Gasteiger partial charge in [-0.15, -0.1) is 0 Å². The maximum absolute atomic E-state index is 12.8. The van der Waals surface area contributed by atoms with Crippen molar-refractivity contribution in [3.05, 3.63) is 16.7 Å². The number of nitrogens with two attached hydrogens (primary N) is 1. The molecule has 1 amide bonds. The second kappa shape index (κ2) is 13.1. The molecule has 190 valence electrons. The Balaban J connectivity index is 1.42. The molecular formula is C22H34ClN5O6. The van der Waals surface area contributed by atoms with Gasteiger partial charge in [-0.25, -0.2) is 4.79 Å². The number of piperidine rings is 2. The van der Waals surface area contributed by atoms with E-state index in [4.69, 9.17) is 36.3 Å². The van der Waals surface area contributed by atoms with Crippen molar-refractivity contribution in [3.63, 3.8) is 0 Å². The number of hydrogen-bond acceptors (Lipinski definition) is 10. The number of esters is 1. The van der Waals surface area contributed by atoms with Crippen LogP contribution >= 0.6 is 11.6 Å². The summed E-state index contributed by atoms with van der Waals surface area (Å²) in [6.45, 7) is 4.09. The number of rotatable bonds is 10. The number of pyridine rings is 1. The minimum atomic E-state index is -0.359. The Morgan fingerprint density at radius 1 is 1.29 bits per heavy atom. The van der Waals surface area contributed by atoms with Gasteiger partial charge in [0.25, 0.3) is 5.91 Å². The lowest BCUT2D eigenvalue weighted by atomic mass is 10.0. The van der Waals surface area contributed by atoms with E-state index in [-0.39, 0.29) is 59.0 Å². The number of nitrogens with zero attached hydrogens (tertiary/aromatic N) is 2. The van der Waals surface area contributed by atoms with Crippen molar-refractivity contribution in [2.45, 2.75) is 37.5 Å². The van der Waals surface area contributed by atoms with Crippen molar-refractivity contribution >= 4 is 29.3 Å². The molecule has 0 aromatic carbocycles. The molecule has 0 saturated carbocycles. The zero-order chi connectivity index (χ0) is 24.5. The van der Waals surface area contributed by atoms with Crippen LogP contribution in [-0.4, -0.2) is 100 Å². The number of nitrogen functional groups attached to an aromatic ring is 1. The topological polar surface area (TPSA) is 137 Å². The van der Waals surface area contributed by atoms with Crippen molar-refractivity contribution in [1.82, 2.24) is 20.5 Å². The average molecular weight is 500 g/mol. The summed E-state index contributed by atoms with van der Waals surface area (Å²) in [7, 11) is 3.03. The molecule has 0 aliphatic carbocycles. The Labute approximate surface area is 204 Å². The van der Waals surface area contributed by atoms with E-state index in [1.165, 1.54) is 13.2 Å². The number of carbonyl (C=O) groups is 2. The number of methoxy groups -OCH3 is 2. The molecule has 1 aromatic rings. The van der Waals surface area contributed by atoms with Gasteiger partial charge in [-0.05, 0) is 38.4 Å². The molecule has 3 rings (SSSR count). The van der Waals surface area contributed by atoms with Crippen LogP contribution in [0.15, 0.2) is 6.07 Å². The van der Waals surface area contributed by atoms with Crippen LogP contribution in [0.2, 0.25) is 5.02 Å². The number of aromatic nitrogens is 1. The first-order chi connectivity index (χ1) is 16.4. The normalized spacial score (nSPS) is 21.7. The molecule has 2 aliphatic rings. The van der Waals surface area contributed by atoms with E-state index in [9.17, 15) is 9.59 Å². The maximum Gasteiger partial charge on any atom is 0.332 e. The fourth-order valence-electron chi connectivity index (χ4n) is 4.12. The molecule has 34 heavy (non-hydrogen) atoms. The van der Waals surface area contributed by atoms with E-state index in [1.54, 1.807) is 7.11 Å². The number of likely N-dealkylation sites (tertiary alicyclic amines) is 1. The third-order valence-corrected chi connectivity index (χ3v) is 6.33. The fourth-order valence-corrected chi connectivity index (χ4v) is 4.27. The zero-order valence-corrected chi connectivity index (χ0v) is 20.4. The third kappa shape index (κ3) is 7.41. The molecule has 0 radical (unpaired) electrons. The van der Waals surface area contributed by atoms with E-state index in [0.717, 1.165) is 32.5 Å². The first-order valence-corrected chi connectivity index (χ1v) is 11.8. The Morgan fingerprint density at radius 2 is 2.06 bits per heavy atom. The highest BCUT2D eigenvalue weighted by Crippen LogP contribution is 2.25. The van der Waals surface area contributed by atoms with E-state index in [1.807, 2.05) is 0 Å². The summed E-state index contributed by atoms with van der Waals surface area (Å²) in [6, 6.07) is 1.25. The van der Waals surface area contributed by atoms with Gasteiger partial charge in [-0.2, -0.15) is 4.98 Å². The van der Waals surface area contributed by atoms with Crippen LogP contribution < -0.4 is 21.1 Å². The van der Waals surface area contributed by atoms with E-state index >= 15 is 0 Å². The molecule has 12 heteroatoms. The van der Waals surface area contributed by atoms with Crippen LogP contribution in [0, 0.1) is 0 Å². The van der Waals surface area contributed by atoms with Gasteiger partial charge < -0.3 is 35.3 Å². The van der Waals surface area contributed by atoms with Gasteiger partial charge in [-0.1, -0.05) is 11.6 Å². The quantitative estimate of drug-likeness (QED) is 0.307. The van der Waals surface area contributed by atoms with Crippen molar-refractivity contribution in [3.8, 4) is 5.88 Å². The predicted octanol–water partition coefficient (Wildman–Crippen LogP) is 0.457. The maximum atomic E-state index is 12.8. The first kappa shape index (κ1) is 26.4. The molecule has 0 bridgehead atoms. The summed E-state index contributed by atoms with van der Waals surface area (Å²) < 4.78 is 21.8. The summed E-state index contributed by atoms with van der Waals surface area (Å²) in [5.74, 6) is -0.473. The van der Waals surface area contributed by atoms with E-state index in [0.29, 0.717) is 26.1 Å². The van der Waals surface area contributed by atoms with Gasteiger partial charge in [-0.3, -0.25) is 9.69 Å². The molecular weight excluding hydrogens is 466 g/mol. The Bertz CT molecular complexity index is 838. The molecule has 2 fully saturated rings. The van der Waals surface area contributed by atoms with Crippen LogP contribution in [0.5, 0.6) is 5.88 Å². The van der Waals surface area contributed by atoms with E-state index in [2.05, 4.69) is 20.5 Å². The molecule has 2 atom stereocenters. The lowest BCUT2D eigenvalue weighted by Gasteiger charge is -2.38. The van der Waals surface area contributed by atoms with Gasteiger partial charge in [0, 0.05) is 26.7 Å². The first-order valence-electron chi connectivity index (χ1n) is 11.4. The number of amides is 1. The SMILES string of the molecule is COc1nc(N)c(Cl)cc1C(=O)N[C@H]1CCN(CCOCC(=O)OC2CCNCC2)C[C@H]1OC. The molecule has 0 unspecified atom stereocenters. The van der Waals surface area contributed by atoms with Gasteiger partial charge in [0.05, 0.1) is 30.9 Å². The number of hydrogen-bond donors (Lipinski definition) is 3. The monoisotopic (exact) mass is 499 g/mol. The number of ether oxygens (including phenoxy) is 4. The summed E-state index contributed by atoms with van der Waals surface area (Å²) in [5.41, 5.74) is 5.91. The number of halogens is 1. The lowest BCUT2D eigenvalue weighted by Crippen LogP contribution is -2.55. The minimum absolute atomic E-state index is 0.0194. The van der Waals surface area contributed by atoms with Crippen LogP contribution in [0.1, 0.15) is 29.6 Å². The van der Waals surface area contributed by atoms with Crippen LogP contribution in [0.4, 0.5) is 5.82 Å². The summed E-state index contributed by atoms with van der Waals surface area (Å²) in [4.78, 5) is 31.0. The molecule has 2 aliphatic heterocycles. The summed E-state index contributed by atoms with van der Waals surface area (Å²) in [5, 5.41) is 6.41. The van der Waals surface area contributed by atoms with E-state index < -0.39 is 0 Å². The highest BCUT2D eigenvalue weighted by molar-refractivity contribution is 6.33. The number of carbonyl (C=O) groups excluding carboxylic acids is 2. The lowest BCUT2D eigenvalue weighted by molar-refractivity contribution is -0.155. The van der Waals surface area contributed by atoms with Crippen molar-refractivity contribution in [2.24, 2.45) is 0 Å². The minimum Gasteiger partial charge on any atom is -0.480 e. The summed E-state index contributed by atoms with van der Waals surface area (Å²) in [6.07, 6.45) is 2.12. The van der Waals surface area contributed by atoms with Crippen molar-refractivity contribution in [1.29, 1.82) is 0 Å². The Kier molecular flexibility index (Phi) is 10.1. The molecule has 1 aromatic heterocycles. The highest BCUT2D eigenvalue weighted by atomic mass is 35.5. The number of nitrogens with one attached hydrogen (secondary N) is 2. The van der Waals surface area contributed by atoms with Crippen molar-refractivity contribution < 1.29 is 28.5 Å². The molecule has 3 heterocycles. The average Bonchev–Trinajstić information content (AvgIpc) is 2.84. The smallest absolute Gasteiger partial charge is 0.332 e. The van der Waals surface area contributed by atoms with Gasteiger partial charge in [0.15, 0.2) is 0 Å². The van der Waals surface area contributed by atoms with Crippen molar-refractivity contribution in [2.75, 3.05) is 65.9 Å². The molecule has 0 spiro atoms. The Morgan fingerprint density at radius 3 is 2.76 bits per heavy atom. The molecule has 11 nitrogen and oxygen atoms in total. The third-order valence-electron chi connectivity index (χ3n) is 6.02. The van der Waals surface area contributed by atoms with Crippen LogP contribution in [0.3, 0.4) is 0 Å². The van der Waals surface area contributed by atoms with Gasteiger partial charge in [0.2, 0.25) is 5.88 Å². The number of anilines is 1. The Hall–Kier alpha value is -2.18. The zero-order valence-electron chi connectivity index (χ0n) is 19.7. The predicted molar refractivity (Wildman–Crippen MR) is 126 cm³/mol. The summed E-state index contributed by atoms with van der Waals surface area (Å²) >= 11 is 6.04. The van der Waals surface area contributed by atoms with Gasteiger partial charge in [0.1, 0.15) is 24.1 Å².